The van der Waals surface area contributed by atoms with Crippen molar-refractivity contribution in [3.63, 3.8) is 0 Å². The maximum atomic E-state index is 12.2. The summed E-state index contributed by atoms with van der Waals surface area (Å²) < 4.78 is 6.95. The van der Waals surface area contributed by atoms with E-state index < -0.39 is 0 Å². The fraction of sp³-hybridized carbons (Fsp3) is 0.462. The number of morpholine rings is 1. The first-order valence-electron chi connectivity index (χ1n) is 6.45. The largest absolute Gasteiger partial charge is 0.379 e. The maximum absolute atomic E-state index is 12.2. The minimum Gasteiger partial charge on any atom is -0.379 e. The summed E-state index contributed by atoms with van der Waals surface area (Å²) in [6.07, 6.45) is 3.23. The van der Waals surface area contributed by atoms with Gasteiger partial charge in [0, 0.05) is 32.4 Å². The number of pyridine rings is 1. The highest BCUT2D eigenvalue weighted by atomic mass is 16.5. The second-order valence-corrected chi connectivity index (χ2v) is 4.57. The van der Waals surface area contributed by atoms with Crippen molar-refractivity contribution in [3.05, 3.63) is 35.0 Å². The molecule has 0 aliphatic carbocycles. The third-order valence-corrected chi connectivity index (χ3v) is 3.36. The second kappa shape index (κ2) is 5.46. The van der Waals surface area contributed by atoms with Crippen LogP contribution < -0.4 is 5.56 Å². The Labute approximate surface area is 110 Å². The molecule has 2 aromatic rings. The van der Waals surface area contributed by atoms with Crippen molar-refractivity contribution in [1.29, 1.82) is 0 Å². The van der Waals surface area contributed by atoms with Crippen LogP contribution in [0.1, 0.15) is 0 Å². The smallest absolute Gasteiger partial charge is 0.262 e. The predicted molar refractivity (Wildman–Crippen MR) is 71.1 cm³/mol. The van der Waals surface area contributed by atoms with E-state index in [0.29, 0.717) is 17.6 Å². The van der Waals surface area contributed by atoms with Gasteiger partial charge in [0.1, 0.15) is 6.33 Å². The number of hydrogen-bond donors (Lipinski definition) is 0. The van der Waals surface area contributed by atoms with E-state index >= 15 is 0 Å². The van der Waals surface area contributed by atoms with E-state index in [1.54, 1.807) is 29.2 Å². The molecule has 1 fully saturated rings. The van der Waals surface area contributed by atoms with Crippen molar-refractivity contribution < 1.29 is 4.74 Å². The van der Waals surface area contributed by atoms with E-state index in [1.807, 2.05) is 0 Å². The molecule has 100 valence electrons. The molecule has 0 bridgehead atoms. The summed E-state index contributed by atoms with van der Waals surface area (Å²) in [5.74, 6) is 0. The van der Waals surface area contributed by atoms with Crippen LogP contribution in [0, 0.1) is 0 Å². The van der Waals surface area contributed by atoms with Crippen LogP contribution in [-0.4, -0.2) is 52.3 Å². The molecular weight excluding hydrogens is 244 g/mol. The van der Waals surface area contributed by atoms with Gasteiger partial charge < -0.3 is 4.74 Å². The minimum absolute atomic E-state index is 0.0219. The Kier molecular flexibility index (Phi) is 3.52. The number of fused-ring (bicyclic) bond motifs is 1. The van der Waals surface area contributed by atoms with Gasteiger partial charge in [0.2, 0.25) is 0 Å². The lowest BCUT2D eigenvalue weighted by atomic mass is 10.3. The van der Waals surface area contributed by atoms with Gasteiger partial charge in [-0.3, -0.25) is 14.3 Å². The number of rotatable bonds is 3. The molecule has 0 unspecified atom stereocenters. The first kappa shape index (κ1) is 12.3. The molecule has 0 spiro atoms. The van der Waals surface area contributed by atoms with Crippen molar-refractivity contribution in [1.82, 2.24) is 19.4 Å². The fourth-order valence-electron chi connectivity index (χ4n) is 2.23. The summed E-state index contributed by atoms with van der Waals surface area (Å²) in [4.78, 5) is 22.8. The summed E-state index contributed by atoms with van der Waals surface area (Å²) in [5, 5.41) is 0.576. The number of hydrogen-bond acceptors (Lipinski definition) is 5. The molecule has 6 heteroatoms. The maximum Gasteiger partial charge on any atom is 0.262 e. The highest BCUT2D eigenvalue weighted by Crippen LogP contribution is 2.02. The highest BCUT2D eigenvalue weighted by molar-refractivity contribution is 5.72. The number of aromatic nitrogens is 3. The Morgan fingerprint density at radius 3 is 2.89 bits per heavy atom. The van der Waals surface area contributed by atoms with Crippen LogP contribution in [0.5, 0.6) is 0 Å². The Bertz CT molecular complexity index is 619. The molecule has 3 heterocycles. The monoisotopic (exact) mass is 260 g/mol. The van der Waals surface area contributed by atoms with Gasteiger partial charge in [-0.25, -0.2) is 9.97 Å². The topological polar surface area (TPSA) is 60.2 Å². The van der Waals surface area contributed by atoms with E-state index in [0.717, 1.165) is 32.8 Å². The molecule has 3 rings (SSSR count). The lowest BCUT2D eigenvalue weighted by Crippen LogP contribution is -2.39. The molecule has 0 aromatic carbocycles. The van der Waals surface area contributed by atoms with Gasteiger partial charge in [0.15, 0.2) is 5.65 Å². The Hall–Kier alpha value is -1.79. The summed E-state index contributed by atoms with van der Waals surface area (Å²) in [7, 11) is 0. The van der Waals surface area contributed by atoms with Gasteiger partial charge in [0.05, 0.1) is 18.6 Å². The molecule has 0 N–H and O–H groups in total. The zero-order valence-electron chi connectivity index (χ0n) is 10.7. The summed E-state index contributed by atoms with van der Waals surface area (Å²) in [6, 6.07) is 3.53. The molecular formula is C13H16N4O2. The van der Waals surface area contributed by atoms with Gasteiger partial charge in [0.25, 0.3) is 5.56 Å². The third kappa shape index (κ3) is 2.64. The Morgan fingerprint density at radius 2 is 2.05 bits per heavy atom. The van der Waals surface area contributed by atoms with E-state index in [9.17, 15) is 4.79 Å². The van der Waals surface area contributed by atoms with Crippen molar-refractivity contribution in [2.75, 3.05) is 32.8 Å². The first-order valence-corrected chi connectivity index (χ1v) is 6.45. The zero-order chi connectivity index (χ0) is 13.1. The summed E-state index contributed by atoms with van der Waals surface area (Å²) in [6.45, 7) is 4.89. The SMILES string of the molecule is O=c1c2cccnc2ncn1CCN1CCOCC1. The van der Waals surface area contributed by atoms with E-state index in [1.165, 1.54) is 0 Å². The molecule has 1 aliphatic rings. The second-order valence-electron chi connectivity index (χ2n) is 4.57. The average molecular weight is 260 g/mol. The van der Waals surface area contributed by atoms with Gasteiger partial charge in [-0.15, -0.1) is 0 Å². The van der Waals surface area contributed by atoms with Gasteiger partial charge >= 0.3 is 0 Å². The van der Waals surface area contributed by atoms with Crippen LogP contribution in [0.4, 0.5) is 0 Å². The molecule has 2 aromatic heterocycles. The van der Waals surface area contributed by atoms with Crippen molar-refractivity contribution in [2.24, 2.45) is 0 Å². The standard InChI is InChI=1S/C13H16N4O2/c18-13-11-2-1-3-14-12(11)15-10-17(13)5-4-16-6-8-19-9-7-16/h1-3,10H,4-9H2. The van der Waals surface area contributed by atoms with Crippen LogP contribution in [-0.2, 0) is 11.3 Å². The molecule has 0 radical (unpaired) electrons. The zero-order valence-corrected chi connectivity index (χ0v) is 10.7. The van der Waals surface area contributed by atoms with Crippen LogP contribution in [0.3, 0.4) is 0 Å². The molecule has 19 heavy (non-hydrogen) atoms. The molecule has 1 aliphatic heterocycles. The van der Waals surface area contributed by atoms with Crippen LogP contribution in [0.15, 0.2) is 29.5 Å². The highest BCUT2D eigenvalue weighted by Gasteiger charge is 2.11. The third-order valence-electron chi connectivity index (χ3n) is 3.36. The van der Waals surface area contributed by atoms with E-state index in [4.69, 9.17) is 4.74 Å². The molecule has 1 saturated heterocycles. The summed E-state index contributed by atoms with van der Waals surface area (Å²) in [5.41, 5.74) is 0.487. The first-order chi connectivity index (χ1) is 9.34. The molecule has 0 saturated carbocycles. The van der Waals surface area contributed by atoms with Crippen molar-refractivity contribution in [3.8, 4) is 0 Å². The molecule has 0 atom stereocenters. The lowest BCUT2D eigenvalue weighted by molar-refractivity contribution is 0.0362. The minimum atomic E-state index is -0.0219. The summed E-state index contributed by atoms with van der Waals surface area (Å²) >= 11 is 0. The van der Waals surface area contributed by atoms with E-state index in [-0.39, 0.29) is 5.56 Å². The molecule has 0 amide bonds. The van der Waals surface area contributed by atoms with Gasteiger partial charge in [-0.05, 0) is 12.1 Å². The van der Waals surface area contributed by atoms with Gasteiger partial charge in [-0.1, -0.05) is 0 Å². The van der Waals surface area contributed by atoms with Crippen molar-refractivity contribution >= 4 is 11.0 Å². The Balaban J connectivity index is 1.77. The van der Waals surface area contributed by atoms with Crippen LogP contribution in [0.2, 0.25) is 0 Å². The predicted octanol–water partition coefficient (Wildman–Crippen LogP) is 0.124. The molecule has 6 nitrogen and oxygen atoms in total. The van der Waals surface area contributed by atoms with Gasteiger partial charge in [-0.2, -0.15) is 0 Å². The number of nitrogens with zero attached hydrogens (tertiary/aromatic N) is 4. The number of ether oxygens (including phenoxy) is 1. The Morgan fingerprint density at radius 1 is 1.21 bits per heavy atom. The van der Waals surface area contributed by atoms with Crippen molar-refractivity contribution in [2.45, 2.75) is 6.54 Å². The average Bonchev–Trinajstić information content (AvgIpc) is 2.48. The van der Waals surface area contributed by atoms with Crippen LogP contribution in [0.25, 0.3) is 11.0 Å². The lowest BCUT2D eigenvalue weighted by Gasteiger charge is -2.26. The normalized spacial score (nSPS) is 16.8. The fourth-order valence-corrected chi connectivity index (χ4v) is 2.23. The quantitative estimate of drug-likeness (QED) is 0.784. The van der Waals surface area contributed by atoms with Crippen LogP contribution >= 0.6 is 0 Å². The van der Waals surface area contributed by atoms with E-state index in [2.05, 4.69) is 14.9 Å².